The highest BCUT2D eigenvalue weighted by Crippen LogP contribution is 2.27. The average Bonchev–Trinajstić information content (AvgIpc) is 3.33. The molecular weight excluding hydrogens is 420 g/mol. The minimum atomic E-state index is -3.75. The fourth-order valence-electron chi connectivity index (χ4n) is 2.59. The van der Waals surface area contributed by atoms with Crippen LogP contribution in [0, 0.1) is 0 Å². The van der Waals surface area contributed by atoms with Crippen LogP contribution in [0.4, 0.5) is 0 Å². The second-order valence-electron chi connectivity index (χ2n) is 6.17. The molecule has 1 N–H and O–H groups in total. The Morgan fingerprint density at radius 1 is 1.29 bits per heavy atom. The molecule has 0 unspecified atom stereocenters. The van der Waals surface area contributed by atoms with Crippen molar-refractivity contribution in [1.29, 1.82) is 0 Å². The van der Waals surface area contributed by atoms with Gasteiger partial charge in [-0.25, -0.2) is 13.4 Å². The Morgan fingerprint density at radius 2 is 2.00 bits per heavy atom. The Balaban J connectivity index is 1.61. The molecule has 2 aromatic heterocycles. The van der Waals surface area contributed by atoms with Crippen molar-refractivity contribution in [3.63, 3.8) is 0 Å². The molecule has 0 aliphatic carbocycles. The zero-order chi connectivity index (χ0) is 20.3. The molecule has 1 aromatic carbocycles. The second kappa shape index (κ2) is 8.44. The molecular formula is C18H19ClN4O3S2. The van der Waals surface area contributed by atoms with Crippen LogP contribution in [-0.4, -0.2) is 41.8 Å². The number of thiophene rings is 1. The molecule has 0 bridgehead atoms. The molecule has 0 aliphatic heterocycles. The number of amides is 1. The van der Waals surface area contributed by atoms with Crippen LogP contribution < -0.4 is 5.32 Å². The third kappa shape index (κ3) is 4.61. The van der Waals surface area contributed by atoms with Crippen molar-refractivity contribution in [2.45, 2.75) is 17.2 Å². The lowest BCUT2D eigenvalue weighted by atomic mass is 10.1. The first-order valence-corrected chi connectivity index (χ1v) is 11.0. The largest absolute Gasteiger partial charge is 0.348 e. The van der Waals surface area contributed by atoms with Crippen molar-refractivity contribution in [2.24, 2.45) is 0 Å². The van der Waals surface area contributed by atoms with Gasteiger partial charge < -0.3 is 9.88 Å². The minimum absolute atomic E-state index is 0.107. The van der Waals surface area contributed by atoms with Gasteiger partial charge in [0.25, 0.3) is 10.0 Å². The summed E-state index contributed by atoms with van der Waals surface area (Å²) in [4.78, 5) is 16.3. The number of benzene rings is 1. The van der Waals surface area contributed by atoms with E-state index in [1.54, 1.807) is 12.5 Å². The molecule has 0 radical (unpaired) electrons. The van der Waals surface area contributed by atoms with Gasteiger partial charge in [0.1, 0.15) is 4.21 Å². The van der Waals surface area contributed by atoms with Crippen molar-refractivity contribution in [2.75, 3.05) is 13.6 Å². The molecule has 2 heterocycles. The standard InChI is InChI=1S/C18H19ClN4O3S2/c1-13(14-3-5-15(6-4-14)23-10-9-20-12-23)21-17(24)11-22(2)28(25,26)18-8-7-16(19)27-18/h3-10,12-13H,11H2,1-2H3,(H,21,24)/t13-/m1/s1. The van der Waals surface area contributed by atoms with Gasteiger partial charge in [-0.3, -0.25) is 4.79 Å². The lowest BCUT2D eigenvalue weighted by Gasteiger charge is -2.19. The zero-order valence-corrected chi connectivity index (χ0v) is 17.6. The molecule has 0 saturated carbocycles. The molecule has 3 aromatic rings. The molecule has 148 valence electrons. The van der Waals surface area contributed by atoms with E-state index in [0.717, 1.165) is 26.9 Å². The summed E-state index contributed by atoms with van der Waals surface area (Å²) >= 11 is 6.77. The summed E-state index contributed by atoms with van der Waals surface area (Å²) in [5.41, 5.74) is 1.87. The van der Waals surface area contributed by atoms with Crippen molar-refractivity contribution < 1.29 is 13.2 Å². The van der Waals surface area contributed by atoms with E-state index < -0.39 is 10.0 Å². The van der Waals surface area contributed by atoms with Gasteiger partial charge >= 0.3 is 0 Å². The lowest BCUT2D eigenvalue weighted by Crippen LogP contribution is -2.39. The Hall–Kier alpha value is -2.20. The van der Waals surface area contributed by atoms with Crippen LogP contribution >= 0.6 is 22.9 Å². The summed E-state index contributed by atoms with van der Waals surface area (Å²) < 4.78 is 28.3. The first-order chi connectivity index (χ1) is 13.3. The van der Waals surface area contributed by atoms with Crippen LogP contribution in [-0.2, 0) is 14.8 Å². The number of aromatic nitrogens is 2. The molecule has 7 nitrogen and oxygen atoms in total. The molecule has 0 aliphatic rings. The van der Waals surface area contributed by atoms with Crippen LogP contribution in [0.1, 0.15) is 18.5 Å². The van der Waals surface area contributed by atoms with Gasteiger partial charge in [-0.15, -0.1) is 11.3 Å². The van der Waals surface area contributed by atoms with Crippen molar-refractivity contribution >= 4 is 38.9 Å². The zero-order valence-electron chi connectivity index (χ0n) is 15.2. The van der Waals surface area contributed by atoms with Crippen LogP contribution in [0.3, 0.4) is 0 Å². The number of halogens is 1. The van der Waals surface area contributed by atoms with Gasteiger partial charge in [-0.1, -0.05) is 23.7 Å². The second-order valence-corrected chi connectivity index (χ2v) is 10.2. The van der Waals surface area contributed by atoms with Gasteiger partial charge in [0.15, 0.2) is 0 Å². The third-order valence-corrected chi connectivity index (χ3v) is 7.65. The summed E-state index contributed by atoms with van der Waals surface area (Å²) in [5, 5.41) is 2.82. The number of sulfonamides is 1. The molecule has 3 rings (SSSR count). The molecule has 0 fully saturated rings. The highest BCUT2D eigenvalue weighted by molar-refractivity contribution is 7.91. The Bertz CT molecular complexity index is 1050. The summed E-state index contributed by atoms with van der Waals surface area (Å²) in [6.07, 6.45) is 5.25. The predicted octanol–water partition coefficient (Wildman–Crippen LogP) is 3.09. The van der Waals surface area contributed by atoms with Crippen LogP contribution in [0.25, 0.3) is 5.69 Å². The van der Waals surface area contributed by atoms with E-state index in [2.05, 4.69) is 10.3 Å². The van der Waals surface area contributed by atoms with E-state index in [9.17, 15) is 13.2 Å². The molecule has 10 heteroatoms. The van der Waals surface area contributed by atoms with E-state index >= 15 is 0 Å². The topological polar surface area (TPSA) is 84.3 Å². The number of hydrogen-bond donors (Lipinski definition) is 1. The van der Waals surface area contributed by atoms with Gasteiger partial charge in [0.2, 0.25) is 5.91 Å². The maximum atomic E-state index is 12.5. The number of nitrogens with one attached hydrogen (secondary N) is 1. The minimum Gasteiger partial charge on any atom is -0.348 e. The van der Waals surface area contributed by atoms with Crippen LogP contribution in [0.5, 0.6) is 0 Å². The summed E-state index contributed by atoms with van der Waals surface area (Å²) in [6, 6.07) is 10.4. The highest BCUT2D eigenvalue weighted by Gasteiger charge is 2.25. The fourth-order valence-corrected chi connectivity index (χ4v) is 5.42. The smallest absolute Gasteiger partial charge is 0.252 e. The Kier molecular flexibility index (Phi) is 6.19. The average molecular weight is 439 g/mol. The van der Waals surface area contributed by atoms with Crippen molar-refractivity contribution in [3.05, 3.63) is 65.0 Å². The Morgan fingerprint density at radius 3 is 2.57 bits per heavy atom. The van der Waals surface area contributed by atoms with E-state index in [1.807, 2.05) is 42.0 Å². The summed E-state index contributed by atoms with van der Waals surface area (Å²) in [7, 11) is -2.38. The summed E-state index contributed by atoms with van der Waals surface area (Å²) in [6.45, 7) is 1.56. The number of likely N-dealkylation sites (N-methyl/N-ethyl adjacent to an activating group) is 1. The third-order valence-electron chi connectivity index (χ3n) is 4.15. The van der Waals surface area contributed by atoms with Crippen LogP contribution in [0.15, 0.2) is 59.3 Å². The maximum absolute atomic E-state index is 12.5. The fraction of sp³-hybridized carbons (Fsp3) is 0.222. The molecule has 28 heavy (non-hydrogen) atoms. The van der Waals surface area contributed by atoms with Gasteiger partial charge in [0, 0.05) is 25.1 Å². The Labute approximate surface area is 172 Å². The lowest BCUT2D eigenvalue weighted by molar-refractivity contribution is -0.121. The SMILES string of the molecule is C[C@@H](NC(=O)CN(C)S(=O)(=O)c1ccc(Cl)s1)c1ccc(-n2ccnc2)cc1. The number of nitrogens with zero attached hydrogens (tertiary/aromatic N) is 3. The number of carbonyl (C=O) groups is 1. The molecule has 1 amide bonds. The predicted molar refractivity (Wildman–Crippen MR) is 109 cm³/mol. The molecule has 0 spiro atoms. The first-order valence-electron chi connectivity index (χ1n) is 8.36. The van der Waals surface area contributed by atoms with E-state index in [0.29, 0.717) is 4.34 Å². The van der Waals surface area contributed by atoms with Gasteiger partial charge in [0.05, 0.1) is 23.3 Å². The monoisotopic (exact) mass is 438 g/mol. The van der Waals surface area contributed by atoms with Crippen molar-refractivity contribution in [1.82, 2.24) is 19.2 Å². The number of carbonyl (C=O) groups excluding carboxylic acids is 1. The number of imidazole rings is 1. The van der Waals surface area contributed by atoms with Crippen LogP contribution in [0.2, 0.25) is 4.34 Å². The normalized spacial score (nSPS) is 12.9. The quantitative estimate of drug-likeness (QED) is 0.614. The van der Waals surface area contributed by atoms with E-state index in [4.69, 9.17) is 11.6 Å². The first kappa shape index (κ1) is 20.5. The van der Waals surface area contributed by atoms with Crippen molar-refractivity contribution in [3.8, 4) is 5.69 Å². The number of hydrogen-bond acceptors (Lipinski definition) is 5. The van der Waals surface area contributed by atoms with Gasteiger partial charge in [-0.2, -0.15) is 4.31 Å². The number of rotatable bonds is 7. The van der Waals surface area contributed by atoms with Gasteiger partial charge in [-0.05, 0) is 36.8 Å². The van der Waals surface area contributed by atoms with E-state index in [1.165, 1.54) is 19.2 Å². The molecule has 1 atom stereocenters. The highest BCUT2D eigenvalue weighted by atomic mass is 35.5. The molecule has 0 saturated heterocycles. The summed E-state index contributed by atoms with van der Waals surface area (Å²) in [5.74, 6) is -0.389. The maximum Gasteiger partial charge on any atom is 0.252 e. The van der Waals surface area contributed by atoms with E-state index in [-0.39, 0.29) is 22.7 Å².